The van der Waals surface area contributed by atoms with Crippen molar-refractivity contribution in [3.63, 3.8) is 0 Å². The van der Waals surface area contributed by atoms with Gasteiger partial charge in [-0.3, -0.25) is 22.5 Å². The van der Waals surface area contributed by atoms with Crippen molar-refractivity contribution in [1.82, 2.24) is 10.9 Å². The minimum Gasteiger partial charge on any atom is -0.381 e. The van der Waals surface area contributed by atoms with E-state index in [-0.39, 0.29) is 0 Å². The van der Waals surface area contributed by atoms with Crippen LogP contribution in [0.15, 0.2) is 0 Å². The molecule has 26 heavy (non-hydrogen) atoms. The zero-order valence-electron chi connectivity index (χ0n) is 17.4. The monoisotopic (exact) mass is 378 g/mol. The van der Waals surface area contributed by atoms with Gasteiger partial charge >= 0.3 is 0 Å². The molecule has 0 aromatic rings. The van der Waals surface area contributed by atoms with E-state index in [4.69, 9.17) is 25.9 Å². The molecule has 0 spiro atoms. The van der Waals surface area contributed by atoms with Crippen LogP contribution in [0, 0.1) is 0 Å². The van der Waals surface area contributed by atoms with Crippen molar-refractivity contribution in [3.05, 3.63) is 0 Å². The highest BCUT2D eigenvalue weighted by atomic mass is 16.5. The number of hydrogen-bond donors (Lipinski definition) is 4. The van der Waals surface area contributed by atoms with Crippen molar-refractivity contribution in [2.24, 2.45) is 11.7 Å². The van der Waals surface area contributed by atoms with Gasteiger partial charge in [0, 0.05) is 52.7 Å². The first-order valence-electron chi connectivity index (χ1n) is 10.4. The molecule has 0 aromatic carbocycles. The van der Waals surface area contributed by atoms with Gasteiger partial charge in [-0.1, -0.05) is 13.8 Å². The molecule has 3 rings (SSSR count). The van der Waals surface area contributed by atoms with E-state index in [2.05, 4.69) is 10.9 Å². The summed E-state index contributed by atoms with van der Waals surface area (Å²) in [4.78, 5) is 0. The highest BCUT2D eigenvalue weighted by molar-refractivity contribution is 4.46. The second kappa shape index (κ2) is 29.5. The smallest absolute Gasteiger partial charge is 0.0466 e. The lowest BCUT2D eigenvalue weighted by atomic mass is 10.2. The molecule has 0 amide bonds. The van der Waals surface area contributed by atoms with Crippen molar-refractivity contribution in [2.75, 3.05) is 52.7 Å². The molecule has 0 atom stereocenters. The summed E-state index contributed by atoms with van der Waals surface area (Å²) >= 11 is 0. The molecule has 3 fully saturated rings. The fraction of sp³-hybridized carbons (Fsp3) is 1.00. The number of rotatable bonds is 2. The van der Waals surface area contributed by atoms with Gasteiger partial charge < -0.3 is 14.2 Å². The van der Waals surface area contributed by atoms with Crippen molar-refractivity contribution in [2.45, 2.75) is 71.6 Å². The molecule has 160 valence electrons. The van der Waals surface area contributed by atoms with Crippen LogP contribution in [0.1, 0.15) is 71.6 Å². The van der Waals surface area contributed by atoms with E-state index in [9.17, 15) is 0 Å². The maximum Gasteiger partial charge on any atom is 0.0466 e. The summed E-state index contributed by atoms with van der Waals surface area (Å²) in [6.07, 6.45) is 11.8. The molecule has 3 saturated heterocycles. The second-order valence-corrected chi connectivity index (χ2v) is 6.13. The van der Waals surface area contributed by atoms with Gasteiger partial charge in [0.25, 0.3) is 0 Å². The maximum absolute atomic E-state index is 5.07. The summed E-state index contributed by atoms with van der Waals surface area (Å²) in [5.41, 5.74) is 4.86. The summed E-state index contributed by atoms with van der Waals surface area (Å²) in [5, 5.41) is 0. The molecular formula is C19H46N4O3. The number of ether oxygens (including phenoxy) is 3. The molecule has 0 aliphatic carbocycles. The van der Waals surface area contributed by atoms with Crippen LogP contribution in [-0.4, -0.2) is 52.7 Å². The van der Waals surface area contributed by atoms with Crippen molar-refractivity contribution in [3.8, 4) is 0 Å². The Morgan fingerprint density at radius 2 is 0.692 bits per heavy atom. The first-order chi connectivity index (χ1) is 12.8. The average molecular weight is 379 g/mol. The van der Waals surface area contributed by atoms with Crippen LogP contribution in [0.3, 0.4) is 0 Å². The Labute approximate surface area is 161 Å². The Hall–Kier alpha value is -0.280. The van der Waals surface area contributed by atoms with E-state index in [1.54, 1.807) is 0 Å². The van der Waals surface area contributed by atoms with E-state index >= 15 is 0 Å². The number of nitrogens with two attached hydrogens (primary N) is 2. The Balaban J connectivity index is 0. The van der Waals surface area contributed by atoms with Crippen LogP contribution in [-0.2, 0) is 14.2 Å². The van der Waals surface area contributed by atoms with E-state index in [1.165, 1.54) is 57.8 Å². The van der Waals surface area contributed by atoms with E-state index in [0.717, 1.165) is 52.7 Å². The summed E-state index contributed by atoms with van der Waals surface area (Å²) in [7, 11) is 0. The fourth-order valence-corrected chi connectivity index (χ4v) is 2.06. The van der Waals surface area contributed by atoms with Crippen LogP contribution >= 0.6 is 0 Å². The largest absolute Gasteiger partial charge is 0.381 e. The zero-order chi connectivity index (χ0) is 19.6. The number of nitrogens with one attached hydrogen (secondary N) is 2. The third kappa shape index (κ3) is 31.5. The topological polar surface area (TPSA) is 104 Å². The molecule has 6 N–H and O–H groups in total. The minimum atomic E-state index is 0.847. The van der Waals surface area contributed by atoms with Crippen LogP contribution in [0.4, 0.5) is 0 Å². The average Bonchev–Trinajstić information content (AvgIpc) is 2.78. The molecule has 7 nitrogen and oxygen atoms in total. The molecule has 0 aromatic heterocycles. The van der Waals surface area contributed by atoms with Gasteiger partial charge in [-0.2, -0.15) is 0 Å². The van der Waals surface area contributed by atoms with Gasteiger partial charge in [-0.05, 0) is 57.8 Å². The SMILES string of the molecule is C1CCOCC1.C1CCOCC1.C1CCOCC1.CCNN.CCNN. The third-order valence-electron chi connectivity index (χ3n) is 3.64. The Morgan fingerprint density at radius 3 is 0.731 bits per heavy atom. The first kappa shape index (κ1) is 27.9. The van der Waals surface area contributed by atoms with E-state index < -0.39 is 0 Å². The van der Waals surface area contributed by atoms with Crippen LogP contribution in [0.25, 0.3) is 0 Å². The van der Waals surface area contributed by atoms with Crippen molar-refractivity contribution < 1.29 is 14.2 Å². The molecular weight excluding hydrogens is 332 g/mol. The second-order valence-electron chi connectivity index (χ2n) is 6.13. The molecule has 7 heteroatoms. The minimum absolute atomic E-state index is 0.847. The lowest BCUT2D eigenvalue weighted by Gasteiger charge is -2.08. The molecule has 3 heterocycles. The van der Waals surface area contributed by atoms with Gasteiger partial charge in [-0.25, -0.2) is 0 Å². The van der Waals surface area contributed by atoms with Crippen LogP contribution in [0.2, 0.25) is 0 Å². The highest BCUT2D eigenvalue weighted by Crippen LogP contribution is 2.03. The lowest BCUT2D eigenvalue weighted by molar-refractivity contribution is 0.0967. The molecule has 0 bridgehead atoms. The van der Waals surface area contributed by atoms with Crippen LogP contribution < -0.4 is 22.5 Å². The van der Waals surface area contributed by atoms with Crippen molar-refractivity contribution >= 4 is 0 Å². The summed E-state index contributed by atoms with van der Waals surface area (Å²) in [6, 6.07) is 0. The molecule has 0 radical (unpaired) electrons. The molecule has 3 aliphatic heterocycles. The van der Waals surface area contributed by atoms with Gasteiger partial charge in [0.2, 0.25) is 0 Å². The predicted octanol–water partition coefficient (Wildman–Crippen LogP) is 2.50. The van der Waals surface area contributed by atoms with Crippen molar-refractivity contribution in [1.29, 1.82) is 0 Å². The summed E-state index contributed by atoms with van der Waals surface area (Å²) in [5.74, 6) is 9.56. The molecule has 0 unspecified atom stereocenters. The van der Waals surface area contributed by atoms with Gasteiger partial charge in [0.15, 0.2) is 0 Å². The predicted molar refractivity (Wildman–Crippen MR) is 110 cm³/mol. The third-order valence-corrected chi connectivity index (χ3v) is 3.64. The Bertz CT molecular complexity index is 142. The van der Waals surface area contributed by atoms with Crippen LogP contribution in [0.5, 0.6) is 0 Å². The fourth-order valence-electron chi connectivity index (χ4n) is 2.06. The molecule has 0 saturated carbocycles. The quantitative estimate of drug-likeness (QED) is 0.432. The molecule has 3 aliphatic rings. The highest BCUT2D eigenvalue weighted by Gasteiger charge is 1.96. The Kier molecular flexibility index (Phi) is 31.7. The Morgan fingerprint density at radius 1 is 0.500 bits per heavy atom. The maximum atomic E-state index is 5.07. The lowest BCUT2D eigenvalue weighted by Crippen LogP contribution is -2.20. The standard InChI is InChI=1S/3C5H10O.2C2H8N2/c3*1-2-4-6-5-3-1;2*1-2-4-3/h3*1-5H2;2*4H,2-3H2,1H3. The first-order valence-corrected chi connectivity index (χ1v) is 10.4. The number of hydrazine groups is 2. The van der Waals surface area contributed by atoms with E-state index in [0.29, 0.717) is 0 Å². The number of hydrogen-bond acceptors (Lipinski definition) is 7. The van der Waals surface area contributed by atoms with Gasteiger partial charge in [0.1, 0.15) is 0 Å². The zero-order valence-corrected chi connectivity index (χ0v) is 17.4. The summed E-state index contributed by atoms with van der Waals surface area (Å²) < 4.78 is 15.2. The van der Waals surface area contributed by atoms with E-state index in [1.807, 2.05) is 13.8 Å². The van der Waals surface area contributed by atoms with Gasteiger partial charge in [0.05, 0.1) is 0 Å². The van der Waals surface area contributed by atoms with Gasteiger partial charge in [-0.15, -0.1) is 0 Å². The summed E-state index contributed by atoms with van der Waals surface area (Å²) in [6.45, 7) is 11.6. The normalized spacial score (nSPS) is 18.9.